The largest absolute Gasteiger partial charge is 0.491 e. The molecule has 0 saturated heterocycles. The van der Waals surface area contributed by atoms with Gasteiger partial charge in [0.05, 0.1) is 19.3 Å². The topological polar surface area (TPSA) is 55.8 Å². The highest BCUT2D eigenvalue weighted by molar-refractivity contribution is 6.24. The van der Waals surface area contributed by atoms with Crippen molar-refractivity contribution in [2.75, 3.05) is 26.8 Å². The molecule has 0 heterocycles. The maximum atomic E-state index is 14.3. The third-order valence-corrected chi connectivity index (χ3v) is 3.43. The first-order valence-electron chi connectivity index (χ1n) is 7.71. The Labute approximate surface area is 144 Å². The van der Waals surface area contributed by atoms with E-state index in [0.717, 1.165) is 7.11 Å². The van der Waals surface area contributed by atoms with E-state index in [2.05, 4.69) is 4.74 Å². The van der Waals surface area contributed by atoms with E-state index in [1.54, 1.807) is 25.7 Å². The van der Waals surface area contributed by atoms with Gasteiger partial charge in [0, 0.05) is 19.3 Å². The van der Waals surface area contributed by atoms with Gasteiger partial charge in [0.15, 0.2) is 17.4 Å². The maximum absolute atomic E-state index is 14.3. The molecule has 25 heavy (non-hydrogen) atoms. The van der Waals surface area contributed by atoms with Crippen molar-refractivity contribution >= 4 is 11.8 Å². The van der Waals surface area contributed by atoms with Crippen LogP contribution in [0.25, 0.3) is 0 Å². The summed E-state index contributed by atoms with van der Waals surface area (Å²) in [5.74, 6) is -7.55. The summed E-state index contributed by atoms with van der Waals surface area (Å²) in [5.41, 5.74) is -1.31. The number of benzene rings is 1. The predicted octanol–water partition coefficient (Wildman–Crippen LogP) is 3.08. The summed E-state index contributed by atoms with van der Waals surface area (Å²) >= 11 is 0. The highest BCUT2D eigenvalue weighted by Gasteiger charge is 2.29. The number of ether oxygens (including phenoxy) is 2. The number of Topliss-reactive ketones (excluding diaryl/α,β-unsaturated/α-hetero) is 1. The van der Waals surface area contributed by atoms with Crippen LogP contribution < -0.4 is 4.74 Å². The Morgan fingerprint density at radius 1 is 1.12 bits per heavy atom. The zero-order valence-electron chi connectivity index (χ0n) is 14.5. The van der Waals surface area contributed by atoms with Gasteiger partial charge in [-0.3, -0.25) is 4.79 Å². The zero-order chi connectivity index (χ0) is 19.1. The van der Waals surface area contributed by atoms with Crippen LogP contribution in [0.1, 0.15) is 31.1 Å². The summed E-state index contributed by atoms with van der Waals surface area (Å²) in [4.78, 5) is 26.3. The standard InChI is InChI=1S/C17H20F3NO4/c1-5-21(6-2)9-11(17(23)25-7-3)15(22)10-8-12(18)14(20)16(24-4)13(10)19/h8-9H,5-7H2,1-4H3/b11-9+. The first kappa shape index (κ1) is 20.5. The van der Waals surface area contributed by atoms with E-state index < -0.39 is 46.1 Å². The molecule has 0 radical (unpaired) electrons. The van der Waals surface area contributed by atoms with Crippen LogP contribution in [0.15, 0.2) is 17.8 Å². The van der Waals surface area contributed by atoms with Crippen molar-refractivity contribution in [2.24, 2.45) is 0 Å². The van der Waals surface area contributed by atoms with Crippen LogP contribution in [0.5, 0.6) is 5.75 Å². The predicted molar refractivity (Wildman–Crippen MR) is 84.8 cm³/mol. The van der Waals surface area contributed by atoms with Gasteiger partial charge in [0.2, 0.25) is 11.6 Å². The molecule has 0 spiro atoms. The second-order valence-corrected chi connectivity index (χ2v) is 4.88. The molecule has 0 aromatic heterocycles. The van der Waals surface area contributed by atoms with Crippen molar-refractivity contribution in [1.82, 2.24) is 4.90 Å². The molecule has 0 aliphatic rings. The molecule has 0 aliphatic carbocycles. The van der Waals surface area contributed by atoms with E-state index in [0.29, 0.717) is 19.2 Å². The number of halogens is 3. The van der Waals surface area contributed by atoms with E-state index >= 15 is 0 Å². The summed E-state index contributed by atoms with van der Waals surface area (Å²) in [5, 5.41) is 0. The minimum atomic E-state index is -1.55. The van der Waals surface area contributed by atoms with Crippen molar-refractivity contribution in [3.05, 3.63) is 40.9 Å². The number of methoxy groups -OCH3 is 1. The van der Waals surface area contributed by atoms with Crippen LogP contribution in [0, 0.1) is 17.5 Å². The Balaban J connectivity index is 3.49. The molecule has 8 heteroatoms. The van der Waals surface area contributed by atoms with Gasteiger partial charge in [-0.2, -0.15) is 4.39 Å². The minimum absolute atomic E-state index is 0.00865. The smallest absolute Gasteiger partial charge is 0.343 e. The number of hydrogen-bond donors (Lipinski definition) is 0. The molecule has 1 rings (SSSR count). The molecule has 1 aromatic rings. The van der Waals surface area contributed by atoms with E-state index in [1.807, 2.05) is 0 Å². The second kappa shape index (κ2) is 9.10. The van der Waals surface area contributed by atoms with Crippen LogP contribution >= 0.6 is 0 Å². The lowest BCUT2D eigenvalue weighted by atomic mass is 10.0. The molecule has 0 aliphatic heterocycles. The number of carbonyl (C=O) groups is 2. The highest BCUT2D eigenvalue weighted by Crippen LogP contribution is 2.28. The normalized spacial score (nSPS) is 11.2. The Bertz CT molecular complexity index is 685. The summed E-state index contributed by atoms with van der Waals surface area (Å²) in [6.45, 7) is 6.04. The lowest BCUT2D eigenvalue weighted by Gasteiger charge is -2.17. The summed E-state index contributed by atoms with van der Waals surface area (Å²) < 4.78 is 50.8. The van der Waals surface area contributed by atoms with Gasteiger partial charge in [0.1, 0.15) is 5.57 Å². The van der Waals surface area contributed by atoms with Crippen molar-refractivity contribution in [3.8, 4) is 5.75 Å². The fourth-order valence-electron chi connectivity index (χ4n) is 2.07. The van der Waals surface area contributed by atoms with E-state index in [9.17, 15) is 22.8 Å². The Morgan fingerprint density at radius 2 is 1.72 bits per heavy atom. The number of ketones is 1. The molecule has 0 fully saturated rings. The van der Waals surface area contributed by atoms with Crippen LogP contribution in [-0.4, -0.2) is 43.5 Å². The molecule has 5 nitrogen and oxygen atoms in total. The number of hydrogen-bond acceptors (Lipinski definition) is 5. The number of esters is 1. The molecule has 0 amide bonds. The molecule has 0 unspecified atom stereocenters. The molecule has 0 saturated carbocycles. The van der Waals surface area contributed by atoms with Gasteiger partial charge in [0.25, 0.3) is 0 Å². The van der Waals surface area contributed by atoms with E-state index in [-0.39, 0.29) is 6.61 Å². The summed E-state index contributed by atoms with van der Waals surface area (Å²) in [7, 11) is 0.938. The van der Waals surface area contributed by atoms with Gasteiger partial charge in [-0.1, -0.05) is 0 Å². The number of rotatable bonds is 8. The molecular weight excluding hydrogens is 339 g/mol. The van der Waals surface area contributed by atoms with Crippen molar-refractivity contribution < 1.29 is 32.2 Å². The van der Waals surface area contributed by atoms with Gasteiger partial charge in [-0.25, -0.2) is 13.6 Å². The minimum Gasteiger partial charge on any atom is -0.491 e. The summed E-state index contributed by atoms with van der Waals surface area (Å²) in [6, 6.07) is 0.394. The maximum Gasteiger partial charge on any atom is 0.343 e. The van der Waals surface area contributed by atoms with Crippen LogP contribution in [0.4, 0.5) is 13.2 Å². The zero-order valence-corrected chi connectivity index (χ0v) is 14.5. The lowest BCUT2D eigenvalue weighted by molar-refractivity contribution is -0.138. The first-order chi connectivity index (χ1) is 11.8. The third-order valence-electron chi connectivity index (χ3n) is 3.43. The van der Waals surface area contributed by atoms with Gasteiger partial charge in [-0.05, 0) is 26.8 Å². The average molecular weight is 359 g/mol. The highest BCUT2D eigenvalue weighted by atomic mass is 19.2. The third kappa shape index (κ3) is 4.52. The number of carbonyl (C=O) groups excluding carboxylic acids is 2. The van der Waals surface area contributed by atoms with Gasteiger partial charge >= 0.3 is 5.97 Å². The summed E-state index contributed by atoms with van der Waals surface area (Å²) in [6.07, 6.45) is 1.22. The SMILES string of the molecule is CCOC(=O)/C(=C/N(CC)CC)C(=O)c1cc(F)c(F)c(OC)c1F. The molecular formula is C17H20F3NO4. The molecule has 0 atom stereocenters. The monoisotopic (exact) mass is 359 g/mol. The van der Waals surface area contributed by atoms with E-state index in [4.69, 9.17) is 4.74 Å². The Morgan fingerprint density at radius 3 is 2.20 bits per heavy atom. The van der Waals surface area contributed by atoms with Gasteiger partial charge in [-0.15, -0.1) is 0 Å². The fraction of sp³-hybridized carbons (Fsp3) is 0.412. The van der Waals surface area contributed by atoms with Crippen molar-refractivity contribution in [2.45, 2.75) is 20.8 Å². The van der Waals surface area contributed by atoms with E-state index in [1.165, 1.54) is 6.20 Å². The molecule has 0 N–H and O–H groups in total. The van der Waals surface area contributed by atoms with Crippen LogP contribution in [0.2, 0.25) is 0 Å². The van der Waals surface area contributed by atoms with Crippen molar-refractivity contribution in [3.63, 3.8) is 0 Å². The quantitative estimate of drug-likeness (QED) is 0.178. The molecule has 0 bridgehead atoms. The fourth-order valence-corrected chi connectivity index (χ4v) is 2.07. The van der Waals surface area contributed by atoms with Gasteiger partial charge < -0.3 is 14.4 Å². The number of nitrogens with zero attached hydrogens (tertiary/aromatic N) is 1. The second-order valence-electron chi connectivity index (χ2n) is 4.88. The Hall–Kier alpha value is -2.51. The average Bonchev–Trinajstić information content (AvgIpc) is 2.59. The molecule has 138 valence electrons. The van der Waals surface area contributed by atoms with Crippen molar-refractivity contribution in [1.29, 1.82) is 0 Å². The Kier molecular flexibility index (Phi) is 7.47. The van der Waals surface area contributed by atoms with Crippen LogP contribution in [-0.2, 0) is 9.53 Å². The van der Waals surface area contributed by atoms with Crippen LogP contribution in [0.3, 0.4) is 0 Å². The lowest BCUT2D eigenvalue weighted by Crippen LogP contribution is -2.24. The first-order valence-corrected chi connectivity index (χ1v) is 7.71. The molecule has 1 aromatic carbocycles.